The Morgan fingerprint density at radius 2 is 1.88 bits per heavy atom. The summed E-state index contributed by atoms with van der Waals surface area (Å²) in [7, 11) is 0. The molecular weight excluding hydrogens is 200 g/mol. The lowest BCUT2D eigenvalue weighted by atomic mass is 10.2. The number of hydrogen-bond donors (Lipinski definition) is 0. The minimum atomic E-state index is 0.275. The van der Waals surface area contributed by atoms with E-state index in [-0.39, 0.29) is 6.10 Å². The highest BCUT2D eigenvalue weighted by Crippen LogP contribution is 2.19. The van der Waals surface area contributed by atoms with Crippen molar-refractivity contribution < 1.29 is 4.74 Å². The summed E-state index contributed by atoms with van der Waals surface area (Å²) in [5, 5.41) is 0. The molecule has 1 aliphatic heterocycles. The molecule has 0 aromatic heterocycles. The molecule has 1 rings (SSSR count). The summed E-state index contributed by atoms with van der Waals surface area (Å²) in [6.45, 7) is 10.7. The molecule has 0 spiro atoms. The van der Waals surface area contributed by atoms with Crippen LogP contribution in [0.4, 0.5) is 0 Å². The van der Waals surface area contributed by atoms with Crippen LogP contribution in [0.5, 0.6) is 0 Å². The summed E-state index contributed by atoms with van der Waals surface area (Å²) in [5.74, 6) is 0. The maximum atomic E-state index is 5.81. The Hall–Kier alpha value is -0.730. The van der Waals surface area contributed by atoms with E-state index in [1.54, 1.807) is 0 Å². The van der Waals surface area contributed by atoms with Gasteiger partial charge in [-0.25, -0.2) is 4.99 Å². The van der Waals surface area contributed by atoms with Crippen molar-refractivity contribution in [1.29, 1.82) is 0 Å². The Balaban J connectivity index is 2.55. The minimum Gasteiger partial charge on any atom is -0.460 e. The standard InChI is InChI=1S/C13H26N2O/c1-5-7-9-14-13-15(10-8-6-2)11(3)12(4)16-13/h11-12H,5-10H2,1-4H3/t11-,12-/m1/s1. The van der Waals surface area contributed by atoms with Crippen LogP contribution in [0.3, 0.4) is 0 Å². The van der Waals surface area contributed by atoms with Crippen LogP contribution < -0.4 is 0 Å². The summed E-state index contributed by atoms with van der Waals surface area (Å²) >= 11 is 0. The molecule has 0 amide bonds. The van der Waals surface area contributed by atoms with Gasteiger partial charge >= 0.3 is 0 Å². The van der Waals surface area contributed by atoms with Gasteiger partial charge in [-0.05, 0) is 26.7 Å². The van der Waals surface area contributed by atoms with Crippen molar-refractivity contribution in [2.75, 3.05) is 13.1 Å². The second kappa shape index (κ2) is 6.77. The molecule has 0 unspecified atom stereocenters. The van der Waals surface area contributed by atoms with Gasteiger partial charge in [-0.3, -0.25) is 0 Å². The van der Waals surface area contributed by atoms with Gasteiger partial charge in [-0.1, -0.05) is 26.7 Å². The van der Waals surface area contributed by atoms with Crippen LogP contribution in [-0.2, 0) is 4.74 Å². The van der Waals surface area contributed by atoms with Crippen molar-refractivity contribution in [1.82, 2.24) is 4.90 Å². The second-order valence-electron chi connectivity index (χ2n) is 4.63. The first-order chi connectivity index (χ1) is 7.70. The van der Waals surface area contributed by atoms with Crippen LogP contribution in [0, 0.1) is 0 Å². The summed E-state index contributed by atoms with van der Waals surface area (Å²) in [6.07, 6.45) is 5.05. The van der Waals surface area contributed by atoms with E-state index in [0.29, 0.717) is 6.04 Å². The van der Waals surface area contributed by atoms with Gasteiger partial charge in [0.15, 0.2) is 0 Å². The SMILES string of the molecule is CCCCN=C1O[C@H](C)[C@@H](C)N1CCCC. The van der Waals surface area contributed by atoms with Gasteiger partial charge in [0.2, 0.25) is 0 Å². The average Bonchev–Trinajstić information content (AvgIpc) is 2.53. The molecule has 0 N–H and O–H groups in total. The molecule has 3 heteroatoms. The summed E-state index contributed by atoms with van der Waals surface area (Å²) < 4.78 is 5.81. The quantitative estimate of drug-likeness (QED) is 0.650. The zero-order chi connectivity index (χ0) is 12.0. The number of amidine groups is 1. The first-order valence-electron chi connectivity index (χ1n) is 6.68. The van der Waals surface area contributed by atoms with Gasteiger partial charge < -0.3 is 9.64 Å². The Bertz CT molecular complexity index is 228. The van der Waals surface area contributed by atoms with Crippen LogP contribution >= 0.6 is 0 Å². The molecule has 0 aromatic carbocycles. The van der Waals surface area contributed by atoms with E-state index in [2.05, 4.69) is 37.6 Å². The molecule has 2 atom stereocenters. The molecule has 0 aromatic rings. The molecule has 0 saturated carbocycles. The largest absolute Gasteiger partial charge is 0.460 e. The van der Waals surface area contributed by atoms with Gasteiger partial charge in [0.05, 0.1) is 6.04 Å². The number of aliphatic imine (C=N–C) groups is 1. The minimum absolute atomic E-state index is 0.275. The van der Waals surface area contributed by atoms with Gasteiger partial charge in [0.1, 0.15) is 6.10 Å². The predicted molar refractivity (Wildman–Crippen MR) is 68.8 cm³/mol. The summed E-state index contributed by atoms with van der Waals surface area (Å²) in [5.41, 5.74) is 0. The monoisotopic (exact) mass is 226 g/mol. The maximum absolute atomic E-state index is 5.81. The lowest BCUT2D eigenvalue weighted by Crippen LogP contribution is -2.34. The molecule has 1 heterocycles. The molecular formula is C13H26N2O. The fourth-order valence-electron chi connectivity index (χ4n) is 1.85. The molecule has 0 bridgehead atoms. The highest BCUT2D eigenvalue weighted by atomic mass is 16.5. The first-order valence-corrected chi connectivity index (χ1v) is 6.68. The maximum Gasteiger partial charge on any atom is 0.288 e. The van der Waals surface area contributed by atoms with Crippen molar-refractivity contribution in [3.8, 4) is 0 Å². The highest BCUT2D eigenvalue weighted by Gasteiger charge is 2.33. The normalized spacial score (nSPS) is 27.5. The fourth-order valence-corrected chi connectivity index (χ4v) is 1.85. The smallest absolute Gasteiger partial charge is 0.288 e. The molecule has 1 fully saturated rings. The third-order valence-corrected chi connectivity index (χ3v) is 3.22. The van der Waals surface area contributed by atoms with E-state index in [1.807, 2.05) is 0 Å². The van der Waals surface area contributed by atoms with E-state index in [1.165, 1.54) is 19.3 Å². The van der Waals surface area contributed by atoms with Crippen molar-refractivity contribution in [2.45, 2.75) is 65.5 Å². The zero-order valence-electron chi connectivity index (χ0n) is 11.2. The van der Waals surface area contributed by atoms with Crippen LogP contribution in [0.15, 0.2) is 4.99 Å². The number of unbranched alkanes of at least 4 members (excludes halogenated alkanes) is 2. The zero-order valence-corrected chi connectivity index (χ0v) is 11.2. The molecule has 94 valence electrons. The van der Waals surface area contributed by atoms with Crippen molar-refractivity contribution >= 4 is 6.02 Å². The molecule has 0 radical (unpaired) electrons. The Labute approximate surface area is 99.9 Å². The number of rotatable bonds is 6. The van der Waals surface area contributed by atoms with E-state index in [4.69, 9.17) is 4.74 Å². The summed E-state index contributed by atoms with van der Waals surface area (Å²) in [4.78, 5) is 6.89. The van der Waals surface area contributed by atoms with Crippen molar-refractivity contribution in [3.63, 3.8) is 0 Å². The molecule has 16 heavy (non-hydrogen) atoms. The van der Waals surface area contributed by atoms with Crippen molar-refractivity contribution in [2.24, 2.45) is 4.99 Å². The molecule has 0 aliphatic carbocycles. The summed E-state index contributed by atoms with van der Waals surface area (Å²) in [6, 6.07) is 1.34. The third-order valence-electron chi connectivity index (χ3n) is 3.22. The van der Waals surface area contributed by atoms with Crippen molar-refractivity contribution in [3.05, 3.63) is 0 Å². The lowest BCUT2D eigenvalue weighted by Gasteiger charge is -2.21. The second-order valence-corrected chi connectivity index (χ2v) is 4.63. The Morgan fingerprint density at radius 3 is 2.50 bits per heavy atom. The van der Waals surface area contributed by atoms with Crippen LogP contribution in [0.25, 0.3) is 0 Å². The third kappa shape index (κ3) is 3.39. The Kier molecular flexibility index (Phi) is 5.64. The first kappa shape index (κ1) is 13.3. The highest BCUT2D eigenvalue weighted by molar-refractivity contribution is 5.76. The van der Waals surface area contributed by atoms with Crippen LogP contribution in [0.1, 0.15) is 53.4 Å². The number of nitrogens with zero attached hydrogens (tertiary/aromatic N) is 2. The van der Waals surface area contributed by atoms with Gasteiger partial charge in [0.25, 0.3) is 6.02 Å². The van der Waals surface area contributed by atoms with Gasteiger partial charge in [0, 0.05) is 13.1 Å². The van der Waals surface area contributed by atoms with Gasteiger partial charge in [-0.2, -0.15) is 0 Å². The molecule has 3 nitrogen and oxygen atoms in total. The predicted octanol–water partition coefficient (Wildman–Crippen LogP) is 3.05. The average molecular weight is 226 g/mol. The van der Waals surface area contributed by atoms with Crippen LogP contribution in [-0.4, -0.2) is 36.2 Å². The molecule has 1 saturated heterocycles. The van der Waals surface area contributed by atoms with E-state index >= 15 is 0 Å². The fraction of sp³-hybridized carbons (Fsp3) is 0.923. The van der Waals surface area contributed by atoms with Crippen LogP contribution in [0.2, 0.25) is 0 Å². The number of ether oxygens (including phenoxy) is 1. The Morgan fingerprint density at radius 1 is 1.19 bits per heavy atom. The van der Waals surface area contributed by atoms with E-state index in [0.717, 1.165) is 25.5 Å². The topological polar surface area (TPSA) is 24.8 Å². The molecule has 1 aliphatic rings. The number of hydrogen-bond acceptors (Lipinski definition) is 2. The lowest BCUT2D eigenvalue weighted by molar-refractivity contribution is 0.215. The van der Waals surface area contributed by atoms with Gasteiger partial charge in [-0.15, -0.1) is 0 Å². The van der Waals surface area contributed by atoms with E-state index in [9.17, 15) is 0 Å². The van der Waals surface area contributed by atoms with E-state index < -0.39 is 0 Å².